The molecule has 0 bridgehead atoms. The normalized spacial score (nSPS) is 19.1. The van der Waals surface area contributed by atoms with Gasteiger partial charge in [-0.1, -0.05) is 0 Å². The van der Waals surface area contributed by atoms with Gasteiger partial charge in [0.2, 0.25) is 15.0 Å². The molecule has 1 atom stereocenters. The van der Waals surface area contributed by atoms with E-state index in [1.54, 1.807) is 19.1 Å². The second kappa shape index (κ2) is 5.38. The molecule has 1 unspecified atom stereocenters. The molecule has 2 rings (SSSR count). The van der Waals surface area contributed by atoms with E-state index in [1.165, 1.54) is 4.90 Å². The lowest BCUT2D eigenvalue weighted by molar-refractivity contribution is -0.117. The fourth-order valence-corrected chi connectivity index (χ4v) is 3.53. The van der Waals surface area contributed by atoms with E-state index in [1.807, 2.05) is 6.07 Å². The summed E-state index contributed by atoms with van der Waals surface area (Å²) in [5, 5.41) is 8.84. The van der Waals surface area contributed by atoms with Crippen LogP contribution in [0.2, 0.25) is 0 Å². The molecule has 106 valence electrons. The molecule has 0 aliphatic carbocycles. The van der Waals surface area contributed by atoms with Crippen molar-refractivity contribution in [2.24, 2.45) is 5.92 Å². The Morgan fingerprint density at radius 3 is 2.80 bits per heavy atom. The fraction of sp³-hybridized carbons (Fsp3) is 0.417. The first-order valence-corrected chi connectivity index (χ1v) is 8.38. The van der Waals surface area contributed by atoms with Gasteiger partial charge < -0.3 is 0 Å². The van der Waals surface area contributed by atoms with E-state index < -0.39 is 9.05 Å². The van der Waals surface area contributed by atoms with E-state index in [2.05, 4.69) is 4.98 Å². The van der Waals surface area contributed by atoms with Crippen LogP contribution in [0, 0.1) is 24.2 Å². The third-order valence-electron chi connectivity index (χ3n) is 3.11. The predicted octanol–water partition coefficient (Wildman–Crippen LogP) is 1.18. The van der Waals surface area contributed by atoms with Gasteiger partial charge in [-0.05, 0) is 19.1 Å². The van der Waals surface area contributed by atoms with Gasteiger partial charge in [-0.3, -0.25) is 9.69 Å². The number of nitriles is 1. The van der Waals surface area contributed by atoms with E-state index in [0.29, 0.717) is 17.1 Å². The van der Waals surface area contributed by atoms with Crippen molar-refractivity contribution in [3.8, 4) is 6.07 Å². The van der Waals surface area contributed by atoms with Gasteiger partial charge in [0.15, 0.2) is 0 Å². The molecule has 0 saturated carbocycles. The first kappa shape index (κ1) is 14.8. The molecule has 2 heterocycles. The lowest BCUT2D eigenvalue weighted by Gasteiger charge is -2.16. The topological polar surface area (TPSA) is 91.1 Å². The molecule has 1 aliphatic rings. The van der Waals surface area contributed by atoms with Crippen LogP contribution in [-0.4, -0.2) is 31.6 Å². The Kier molecular flexibility index (Phi) is 3.97. The van der Waals surface area contributed by atoms with Crippen molar-refractivity contribution in [3.63, 3.8) is 0 Å². The largest absolute Gasteiger partial charge is 0.296 e. The molecule has 8 heteroatoms. The standard InChI is InChI=1S/C12H12ClN3O3S/c1-8-10(5-14)2-3-11(15-8)16-6-9(4-12(16)17)7-20(13,18)19/h2-3,9H,4,6-7H2,1H3. The van der Waals surface area contributed by atoms with Gasteiger partial charge >= 0.3 is 0 Å². The number of amides is 1. The zero-order valence-electron chi connectivity index (χ0n) is 10.7. The van der Waals surface area contributed by atoms with Crippen LogP contribution in [0.5, 0.6) is 0 Å². The van der Waals surface area contributed by atoms with Crippen molar-refractivity contribution in [1.29, 1.82) is 5.26 Å². The molecule has 0 aromatic carbocycles. The van der Waals surface area contributed by atoms with Crippen molar-refractivity contribution >= 4 is 31.5 Å². The summed E-state index contributed by atoms with van der Waals surface area (Å²) in [6, 6.07) is 5.18. The number of carbonyl (C=O) groups is 1. The molecular weight excluding hydrogens is 302 g/mol. The molecule has 6 nitrogen and oxygen atoms in total. The summed E-state index contributed by atoms with van der Waals surface area (Å²) in [5.41, 5.74) is 0.978. The lowest BCUT2D eigenvalue weighted by Crippen LogP contribution is -2.26. The second-order valence-corrected chi connectivity index (χ2v) is 7.52. The summed E-state index contributed by atoms with van der Waals surface area (Å²) in [6.45, 7) is 1.95. The van der Waals surface area contributed by atoms with Crippen molar-refractivity contribution in [3.05, 3.63) is 23.4 Å². The Balaban J connectivity index is 2.20. The lowest BCUT2D eigenvalue weighted by atomic mass is 10.1. The average molecular weight is 314 g/mol. The Hall–Kier alpha value is -1.65. The van der Waals surface area contributed by atoms with Gasteiger partial charge in [0.05, 0.1) is 17.0 Å². The monoisotopic (exact) mass is 313 g/mol. The molecule has 1 fully saturated rings. The summed E-state index contributed by atoms with van der Waals surface area (Å²) in [5.74, 6) is -0.317. The highest BCUT2D eigenvalue weighted by atomic mass is 35.7. The molecule has 1 aromatic rings. The van der Waals surface area contributed by atoms with E-state index >= 15 is 0 Å². The number of halogens is 1. The number of hydrogen-bond acceptors (Lipinski definition) is 5. The Morgan fingerprint density at radius 1 is 1.55 bits per heavy atom. The third kappa shape index (κ3) is 3.26. The van der Waals surface area contributed by atoms with Crippen LogP contribution in [0.3, 0.4) is 0 Å². The van der Waals surface area contributed by atoms with Crippen molar-refractivity contribution in [1.82, 2.24) is 4.98 Å². The number of hydrogen-bond donors (Lipinski definition) is 0. The second-order valence-electron chi connectivity index (χ2n) is 4.69. The first-order chi connectivity index (χ1) is 9.30. The van der Waals surface area contributed by atoms with Gasteiger partial charge in [0.25, 0.3) is 0 Å². The van der Waals surface area contributed by atoms with Crippen LogP contribution in [0.4, 0.5) is 5.82 Å². The minimum absolute atomic E-state index is 0.132. The van der Waals surface area contributed by atoms with Gasteiger partial charge in [-0.15, -0.1) is 0 Å². The molecule has 1 saturated heterocycles. The summed E-state index contributed by atoms with van der Waals surface area (Å²) in [4.78, 5) is 17.6. The van der Waals surface area contributed by atoms with Gasteiger partial charge in [0, 0.05) is 29.6 Å². The molecule has 0 spiro atoms. The van der Waals surface area contributed by atoms with Crippen LogP contribution in [0.25, 0.3) is 0 Å². The minimum Gasteiger partial charge on any atom is -0.296 e. The highest BCUT2D eigenvalue weighted by Gasteiger charge is 2.33. The summed E-state index contributed by atoms with van der Waals surface area (Å²) < 4.78 is 22.1. The zero-order valence-corrected chi connectivity index (χ0v) is 12.3. The number of aryl methyl sites for hydroxylation is 1. The zero-order chi connectivity index (χ0) is 14.9. The Labute approximate surface area is 121 Å². The van der Waals surface area contributed by atoms with Crippen LogP contribution in [-0.2, 0) is 13.8 Å². The van der Waals surface area contributed by atoms with E-state index in [-0.39, 0.29) is 30.5 Å². The number of anilines is 1. The summed E-state index contributed by atoms with van der Waals surface area (Å²) in [6.07, 6.45) is 0.132. The summed E-state index contributed by atoms with van der Waals surface area (Å²) in [7, 11) is 1.58. The number of aromatic nitrogens is 1. The van der Waals surface area contributed by atoms with Gasteiger partial charge in [-0.2, -0.15) is 5.26 Å². The molecule has 1 aromatic heterocycles. The minimum atomic E-state index is -3.63. The van der Waals surface area contributed by atoms with Crippen LogP contribution in [0.15, 0.2) is 12.1 Å². The maximum Gasteiger partial charge on any atom is 0.232 e. The van der Waals surface area contributed by atoms with Crippen molar-refractivity contribution < 1.29 is 13.2 Å². The highest BCUT2D eigenvalue weighted by Crippen LogP contribution is 2.26. The smallest absolute Gasteiger partial charge is 0.232 e. The fourth-order valence-electron chi connectivity index (χ4n) is 2.21. The van der Waals surface area contributed by atoms with Crippen LogP contribution in [0.1, 0.15) is 17.7 Å². The summed E-state index contributed by atoms with van der Waals surface area (Å²) >= 11 is 0. The third-order valence-corrected chi connectivity index (χ3v) is 4.36. The molecule has 1 aliphatic heterocycles. The number of pyridine rings is 1. The molecule has 0 N–H and O–H groups in total. The first-order valence-electron chi connectivity index (χ1n) is 5.90. The maximum absolute atomic E-state index is 11.9. The average Bonchev–Trinajstić information content (AvgIpc) is 2.67. The van der Waals surface area contributed by atoms with E-state index in [0.717, 1.165) is 0 Å². The number of carbonyl (C=O) groups excluding carboxylic acids is 1. The van der Waals surface area contributed by atoms with Crippen LogP contribution < -0.4 is 4.90 Å². The van der Waals surface area contributed by atoms with E-state index in [9.17, 15) is 13.2 Å². The van der Waals surface area contributed by atoms with Crippen molar-refractivity contribution in [2.75, 3.05) is 17.2 Å². The molecule has 1 amide bonds. The molecule has 20 heavy (non-hydrogen) atoms. The maximum atomic E-state index is 11.9. The molecule has 0 radical (unpaired) electrons. The highest BCUT2D eigenvalue weighted by molar-refractivity contribution is 8.13. The Morgan fingerprint density at radius 2 is 2.25 bits per heavy atom. The van der Waals surface area contributed by atoms with Crippen molar-refractivity contribution in [2.45, 2.75) is 13.3 Å². The SMILES string of the molecule is Cc1nc(N2CC(CS(=O)(=O)Cl)CC2=O)ccc1C#N. The Bertz CT molecular complexity index is 696. The van der Waals surface area contributed by atoms with Gasteiger partial charge in [-0.25, -0.2) is 13.4 Å². The molecular formula is C12H12ClN3O3S. The van der Waals surface area contributed by atoms with Gasteiger partial charge in [0.1, 0.15) is 11.9 Å². The number of rotatable bonds is 3. The van der Waals surface area contributed by atoms with Crippen LogP contribution >= 0.6 is 10.7 Å². The number of nitrogens with zero attached hydrogens (tertiary/aromatic N) is 3. The predicted molar refractivity (Wildman–Crippen MR) is 73.8 cm³/mol. The van der Waals surface area contributed by atoms with E-state index in [4.69, 9.17) is 15.9 Å². The quantitative estimate of drug-likeness (QED) is 0.781.